The van der Waals surface area contributed by atoms with Crippen LogP contribution in [0.2, 0.25) is 0 Å². The molecule has 9 nitrogen and oxygen atoms in total. The first-order valence-corrected chi connectivity index (χ1v) is 11.4. The molecule has 0 bridgehead atoms. The van der Waals surface area contributed by atoms with Crippen LogP contribution in [0.5, 0.6) is 0 Å². The molecule has 2 N–H and O–H groups in total. The van der Waals surface area contributed by atoms with Crippen molar-refractivity contribution in [2.75, 3.05) is 5.32 Å². The van der Waals surface area contributed by atoms with Gasteiger partial charge in [-0.25, -0.2) is 4.79 Å². The average Bonchev–Trinajstić information content (AvgIpc) is 3.31. The number of hydrogen-bond donors (Lipinski definition) is 2. The molecule has 1 aliphatic carbocycles. The summed E-state index contributed by atoms with van der Waals surface area (Å²) in [5, 5.41) is 19.9. The molecule has 3 rings (SSSR count). The van der Waals surface area contributed by atoms with Gasteiger partial charge in [0.05, 0.1) is 11.3 Å². The van der Waals surface area contributed by atoms with Crippen molar-refractivity contribution in [3.63, 3.8) is 0 Å². The van der Waals surface area contributed by atoms with Gasteiger partial charge in [0.1, 0.15) is 17.2 Å². The van der Waals surface area contributed by atoms with E-state index in [2.05, 4.69) is 40.1 Å². The van der Waals surface area contributed by atoms with Crippen LogP contribution < -0.4 is 10.6 Å². The largest absolute Gasteiger partial charge is 0.446 e. The lowest BCUT2D eigenvalue weighted by Crippen LogP contribution is -2.31. The Morgan fingerprint density at radius 2 is 2.26 bits per heavy atom. The summed E-state index contributed by atoms with van der Waals surface area (Å²) in [7, 11) is 1.83. The molecule has 34 heavy (non-hydrogen) atoms. The van der Waals surface area contributed by atoms with Crippen molar-refractivity contribution >= 4 is 35.1 Å². The van der Waals surface area contributed by atoms with E-state index in [1.54, 1.807) is 16.8 Å². The number of allylic oxidation sites excluding steroid dienone is 3. The number of anilines is 1. The molecule has 1 unspecified atom stereocenters. The maximum Gasteiger partial charge on any atom is 0.407 e. The predicted octanol–water partition coefficient (Wildman–Crippen LogP) is 3.71. The highest BCUT2D eigenvalue weighted by Crippen LogP contribution is 2.38. The molecule has 1 atom stereocenters. The molecule has 2 aromatic rings. The number of amides is 2. The van der Waals surface area contributed by atoms with Gasteiger partial charge in [-0.15, -0.1) is 11.3 Å². The summed E-state index contributed by atoms with van der Waals surface area (Å²) in [5.74, 6) is -0.371. The van der Waals surface area contributed by atoms with E-state index in [1.807, 2.05) is 20.2 Å². The Hall–Kier alpha value is -3.97. The molecule has 0 aromatic carbocycles. The summed E-state index contributed by atoms with van der Waals surface area (Å²) in [6.45, 7) is 9.24. The van der Waals surface area contributed by atoms with E-state index in [0.717, 1.165) is 21.7 Å². The fraction of sp³-hybridized carbons (Fsp3) is 0.292. The van der Waals surface area contributed by atoms with E-state index in [9.17, 15) is 14.9 Å². The Bertz CT molecular complexity index is 1210. The molecule has 0 radical (unpaired) electrons. The minimum Gasteiger partial charge on any atom is -0.446 e. The minimum atomic E-state index is -0.493. The number of nitrogens with one attached hydrogen (secondary N) is 2. The fourth-order valence-corrected chi connectivity index (χ4v) is 4.91. The fourth-order valence-electron chi connectivity index (χ4n) is 3.64. The lowest BCUT2D eigenvalue weighted by Gasteiger charge is -2.22. The van der Waals surface area contributed by atoms with Crippen LogP contribution in [0.4, 0.5) is 9.80 Å². The molecular formula is C24H26N6O3S. The second-order valence-electron chi connectivity index (χ2n) is 7.70. The highest BCUT2D eigenvalue weighted by atomic mass is 32.1. The number of rotatable bonds is 8. The minimum absolute atomic E-state index is 0.303. The first kappa shape index (κ1) is 24.7. The first-order valence-electron chi connectivity index (χ1n) is 10.6. The van der Waals surface area contributed by atoms with Gasteiger partial charge in [0.15, 0.2) is 0 Å². The molecule has 0 fully saturated rings. The summed E-state index contributed by atoms with van der Waals surface area (Å²) in [4.78, 5) is 29.2. The third-order valence-corrected chi connectivity index (χ3v) is 6.45. The Morgan fingerprint density at radius 1 is 1.47 bits per heavy atom. The number of alkyl carbamates (subject to hydrolysis) is 1. The van der Waals surface area contributed by atoms with Crippen molar-refractivity contribution in [1.29, 1.82) is 5.26 Å². The van der Waals surface area contributed by atoms with Gasteiger partial charge in [-0.3, -0.25) is 14.5 Å². The van der Waals surface area contributed by atoms with Gasteiger partial charge >= 0.3 is 6.09 Å². The lowest BCUT2D eigenvalue weighted by molar-refractivity contribution is -0.111. The van der Waals surface area contributed by atoms with E-state index in [4.69, 9.17) is 4.74 Å². The van der Waals surface area contributed by atoms with Gasteiger partial charge in [0.2, 0.25) is 5.91 Å². The van der Waals surface area contributed by atoms with Crippen LogP contribution in [0.3, 0.4) is 0 Å². The molecule has 176 valence electrons. The number of fused-ring (bicyclic) bond motifs is 1. The Labute approximate surface area is 202 Å². The van der Waals surface area contributed by atoms with Gasteiger partial charge in [0.25, 0.3) is 0 Å². The van der Waals surface area contributed by atoms with E-state index >= 15 is 0 Å². The van der Waals surface area contributed by atoms with Crippen LogP contribution in [0, 0.1) is 18.3 Å². The van der Waals surface area contributed by atoms with Crippen LogP contribution >= 0.6 is 11.3 Å². The number of aromatic nitrogens is 2. The van der Waals surface area contributed by atoms with Gasteiger partial charge in [-0.1, -0.05) is 12.7 Å². The normalized spacial score (nSPS) is 15.3. The number of aliphatic imine (C=N–C) groups is 1. The van der Waals surface area contributed by atoms with Gasteiger partial charge in [0, 0.05) is 48.9 Å². The zero-order valence-electron chi connectivity index (χ0n) is 19.1. The van der Waals surface area contributed by atoms with Gasteiger partial charge in [-0.05, 0) is 43.7 Å². The molecule has 1 aliphatic rings. The van der Waals surface area contributed by atoms with Crippen molar-refractivity contribution in [1.82, 2.24) is 15.1 Å². The second kappa shape index (κ2) is 11.2. The topological polar surface area (TPSA) is 121 Å². The molecule has 0 aliphatic heterocycles. The maximum absolute atomic E-state index is 12.4. The molecule has 2 heterocycles. The van der Waals surface area contributed by atoms with Gasteiger partial charge in [-0.2, -0.15) is 10.4 Å². The molecule has 2 amide bonds. The molecule has 10 heteroatoms. The number of hydrogen-bond acceptors (Lipinski definition) is 7. The van der Waals surface area contributed by atoms with E-state index in [1.165, 1.54) is 23.6 Å². The number of ether oxygens (including phenoxy) is 1. The monoisotopic (exact) mass is 478 g/mol. The lowest BCUT2D eigenvalue weighted by atomic mass is 9.94. The Morgan fingerprint density at radius 3 is 2.91 bits per heavy atom. The summed E-state index contributed by atoms with van der Waals surface area (Å²) < 4.78 is 7.30. The maximum atomic E-state index is 12.4. The highest BCUT2D eigenvalue weighted by Gasteiger charge is 2.28. The molecule has 2 aromatic heterocycles. The molecule has 0 saturated carbocycles. The van der Waals surface area contributed by atoms with Crippen LogP contribution in [0.15, 0.2) is 47.8 Å². The number of carbonyl (C=O) groups excluding carboxylic acids is 2. The second-order valence-corrected chi connectivity index (χ2v) is 8.80. The summed E-state index contributed by atoms with van der Waals surface area (Å²) in [5.41, 5.74) is 3.78. The van der Waals surface area contributed by atoms with Crippen molar-refractivity contribution in [2.24, 2.45) is 12.0 Å². The molecule has 0 saturated heterocycles. The predicted molar refractivity (Wildman–Crippen MR) is 132 cm³/mol. The van der Waals surface area contributed by atoms with E-state index in [0.29, 0.717) is 41.9 Å². The van der Waals surface area contributed by atoms with E-state index < -0.39 is 6.09 Å². The van der Waals surface area contributed by atoms with Crippen LogP contribution in [0.25, 0.3) is 0 Å². The SMILES string of the molecule is C=CC(/C=C/C(=O)Nc1sc2c(c1C#N)CCC(OC(=O)NCc1cn(C)nc1C)C2)=C\N=C. The number of nitrogens with zero attached hydrogens (tertiary/aromatic N) is 4. The zero-order chi connectivity index (χ0) is 24.7. The number of aryl methyl sites for hydroxylation is 2. The Kier molecular flexibility index (Phi) is 8.16. The van der Waals surface area contributed by atoms with E-state index in [-0.39, 0.29) is 12.0 Å². The third kappa shape index (κ3) is 6.08. The van der Waals surface area contributed by atoms with Crippen LogP contribution in [-0.4, -0.2) is 34.6 Å². The number of nitriles is 1. The van der Waals surface area contributed by atoms with Crippen LogP contribution in [-0.2, 0) is 36.0 Å². The quantitative estimate of drug-likeness (QED) is 0.340. The molecular weight excluding hydrogens is 452 g/mol. The standard InChI is InChI=1S/C24H26N6O3S/c1-5-16(12-26-3)6-9-22(31)28-23-20(11-25)19-8-7-18(10-21(19)34-23)33-24(32)27-13-17-14-30(4)29-15(17)2/h5-6,9,12,14,18H,1,3,7-8,10,13H2,2,4H3,(H,27,32)(H,28,31)/b9-6+,16-12+. The zero-order valence-corrected chi connectivity index (χ0v) is 19.9. The Balaban J connectivity index is 1.61. The first-order chi connectivity index (χ1) is 16.3. The summed E-state index contributed by atoms with van der Waals surface area (Å²) in [6.07, 6.45) is 8.69. The summed E-state index contributed by atoms with van der Waals surface area (Å²) in [6, 6.07) is 2.20. The van der Waals surface area contributed by atoms with Gasteiger partial charge < -0.3 is 15.4 Å². The van der Waals surface area contributed by atoms with Crippen molar-refractivity contribution in [2.45, 2.75) is 38.8 Å². The van der Waals surface area contributed by atoms with Crippen LogP contribution in [0.1, 0.15) is 33.7 Å². The smallest absolute Gasteiger partial charge is 0.407 e. The van der Waals surface area contributed by atoms with Crippen molar-refractivity contribution in [3.8, 4) is 6.07 Å². The summed E-state index contributed by atoms with van der Waals surface area (Å²) >= 11 is 1.34. The third-order valence-electron chi connectivity index (χ3n) is 5.28. The van der Waals surface area contributed by atoms with Crippen molar-refractivity contribution < 1.29 is 14.3 Å². The number of carbonyl (C=O) groups is 2. The van der Waals surface area contributed by atoms with Crippen molar-refractivity contribution in [3.05, 3.63) is 70.0 Å². The average molecular weight is 479 g/mol. The highest BCUT2D eigenvalue weighted by molar-refractivity contribution is 7.16. The molecule has 0 spiro atoms. The number of thiophene rings is 1.